The second kappa shape index (κ2) is 4.58. The molecular formula is C8H6ClN3O3S. The van der Waals surface area contributed by atoms with Crippen molar-refractivity contribution < 1.29 is 13.8 Å². The van der Waals surface area contributed by atoms with E-state index >= 15 is 0 Å². The average Bonchev–Trinajstić information content (AvgIpc) is 2.44. The Balaban J connectivity index is 2.21. The molecule has 0 radical (unpaired) electrons. The van der Waals surface area contributed by atoms with Crippen molar-refractivity contribution in [1.82, 2.24) is 10.3 Å². The standard InChI is InChI=1S/C8H6ClN3O3S/c9-6-2-1-5(3-10-6)12-8(14)11-4-7(13)15-16-12/h1-3H,4H2,(H,11,14). The summed E-state index contributed by atoms with van der Waals surface area (Å²) < 4.78 is 5.90. The summed E-state index contributed by atoms with van der Waals surface area (Å²) in [5.74, 6) is -0.511. The molecule has 6 nitrogen and oxygen atoms in total. The van der Waals surface area contributed by atoms with Crippen LogP contribution in [-0.2, 0) is 8.98 Å². The van der Waals surface area contributed by atoms with E-state index in [0.29, 0.717) is 23.1 Å². The van der Waals surface area contributed by atoms with Gasteiger partial charge in [0.05, 0.1) is 11.9 Å². The van der Waals surface area contributed by atoms with Crippen LogP contribution in [-0.4, -0.2) is 23.5 Å². The number of rotatable bonds is 1. The first-order valence-corrected chi connectivity index (χ1v) is 5.31. The van der Waals surface area contributed by atoms with Gasteiger partial charge in [-0.15, -0.1) is 0 Å². The minimum absolute atomic E-state index is 0.149. The molecule has 1 fully saturated rings. The molecule has 1 aromatic heterocycles. The average molecular weight is 260 g/mol. The number of carbonyl (C=O) groups is 2. The number of amides is 2. The largest absolute Gasteiger partial charge is 0.367 e. The van der Waals surface area contributed by atoms with Crippen molar-refractivity contribution in [2.75, 3.05) is 10.8 Å². The molecule has 0 saturated carbocycles. The molecule has 84 valence electrons. The lowest BCUT2D eigenvalue weighted by molar-refractivity contribution is -0.131. The molecule has 1 aromatic rings. The van der Waals surface area contributed by atoms with Crippen molar-refractivity contribution in [3.05, 3.63) is 23.5 Å². The van der Waals surface area contributed by atoms with Crippen LogP contribution in [0.2, 0.25) is 5.15 Å². The van der Waals surface area contributed by atoms with Crippen molar-refractivity contribution in [3.63, 3.8) is 0 Å². The Morgan fingerprint density at radius 3 is 3.00 bits per heavy atom. The number of nitrogens with one attached hydrogen (secondary N) is 1. The number of urea groups is 1. The molecule has 2 amide bonds. The number of carbonyl (C=O) groups excluding carboxylic acids is 2. The van der Waals surface area contributed by atoms with Gasteiger partial charge in [-0.3, -0.25) is 0 Å². The van der Waals surface area contributed by atoms with Crippen LogP contribution in [0.4, 0.5) is 10.5 Å². The summed E-state index contributed by atoms with van der Waals surface area (Å²) in [5.41, 5.74) is 0.474. The molecule has 1 aliphatic heterocycles. The molecule has 0 aromatic carbocycles. The Hall–Kier alpha value is -1.47. The van der Waals surface area contributed by atoms with E-state index in [1.54, 1.807) is 6.07 Å². The smallest absolute Gasteiger partial charge is 0.339 e. The number of nitrogens with zero attached hydrogens (tertiary/aromatic N) is 2. The summed E-state index contributed by atoms with van der Waals surface area (Å²) in [4.78, 5) is 26.3. The maximum Gasteiger partial charge on any atom is 0.339 e. The molecular weight excluding hydrogens is 254 g/mol. The predicted molar refractivity (Wildman–Crippen MR) is 58.8 cm³/mol. The van der Waals surface area contributed by atoms with Crippen molar-refractivity contribution in [3.8, 4) is 0 Å². The highest BCUT2D eigenvalue weighted by molar-refractivity contribution is 7.97. The third-order valence-electron chi connectivity index (χ3n) is 1.72. The highest BCUT2D eigenvalue weighted by Gasteiger charge is 2.24. The Labute approximate surface area is 100 Å². The Bertz CT molecular complexity index is 425. The zero-order valence-electron chi connectivity index (χ0n) is 7.84. The van der Waals surface area contributed by atoms with Gasteiger partial charge in [0.15, 0.2) is 12.2 Å². The van der Waals surface area contributed by atoms with Crippen molar-refractivity contribution >= 4 is 41.5 Å². The van der Waals surface area contributed by atoms with Gasteiger partial charge in [0.25, 0.3) is 0 Å². The first-order chi connectivity index (χ1) is 7.66. The number of pyridine rings is 1. The highest BCUT2D eigenvalue weighted by Crippen LogP contribution is 2.24. The fourth-order valence-corrected chi connectivity index (χ4v) is 1.66. The normalized spacial score (nSPS) is 16.4. The maximum atomic E-state index is 11.5. The zero-order chi connectivity index (χ0) is 11.5. The van der Waals surface area contributed by atoms with Crippen LogP contribution >= 0.6 is 23.8 Å². The molecule has 8 heteroatoms. The van der Waals surface area contributed by atoms with Gasteiger partial charge in [-0.2, -0.15) is 4.31 Å². The molecule has 0 unspecified atom stereocenters. The molecule has 1 saturated heterocycles. The van der Waals surface area contributed by atoms with Gasteiger partial charge >= 0.3 is 12.0 Å². The summed E-state index contributed by atoms with van der Waals surface area (Å²) in [6.45, 7) is -0.149. The molecule has 0 bridgehead atoms. The maximum absolute atomic E-state index is 11.5. The van der Waals surface area contributed by atoms with E-state index in [9.17, 15) is 9.59 Å². The number of anilines is 1. The fraction of sp³-hybridized carbons (Fsp3) is 0.125. The number of aromatic nitrogens is 1. The predicted octanol–water partition coefficient (Wildman–Crippen LogP) is 1.37. The molecule has 0 spiro atoms. The Kier molecular flexibility index (Phi) is 3.16. The topological polar surface area (TPSA) is 71.5 Å². The summed E-state index contributed by atoms with van der Waals surface area (Å²) in [7, 11) is 0. The molecule has 1 aliphatic rings. The van der Waals surface area contributed by atoms with Crippen molar-refractivity contribution in [2.24, 2.45) is 0 Å². The molecule has 16 heavy (non-hydrogen) atoms. The van der Waals surface area contributed by atoms with Crippen LogP contribution in [0.25, 0.3) is 0 Å². The highest BCUT2D eigenvalue weighted by atomic mass is 35.5. The van der Waals surface area contributed by atoms with Gasteiger partial charge in [0.1, 0.15) is 11.7 Å². The molecule has 2 rings (SSSR count). The van der Waals surface area contributed by atoms with Crippen LogP contribution < -0.4 is 9.62 Å². The first-order valence-electron chi connectivity index (χ1n) is 4.24. The van der Waals surface area contributed by atoms with E-state index in [2.05, 4.69) is 10.3 Å². The quantitative estimate of drug-likeness (QED) is 0.469. The zero-order valence-corrected chi connectivity index (χ0v) is 9.42. The van der Waals surface area contributed by atoms with E-state index in [-0.39, 0.29) is 6.54 Å². The van der Waals surface area contributed by atoms with Crippen LogP contribution in [0.3, 0.4) is 0 Å². The third kappa shape index (κ3) is 2.37. The van der Waals surface area contributed by atoms with E-state index in [1.165, 1.54) is 16.6 Å². The van der Waals surface area contributed by atoms with E-state index in [4.69, 9.17) is 15.8 Å². The summed E-state index contributed by atoms with van der Waals surface area (Å²) in [6.07, 6.45) is 1.41. The van der Waals surface area contributed by atoms with Gasteiger partial charge in [0.2, 0.25) is 0 Å². The minimum atomic E-state index is -0.511. The second-order valence-electron chi connectivity index (χ2n) is 2.82. The van der Waals surface area contributed by atoms with E-state index in [1.807, 2.05) is 0 Å². The lowest BCUT2D eigenvalue weighted by Gasteiger charge is -2.15. The fourth-order valence-electron chi connectivity index (χ4n) is 1.01. The number of hydrogen-bond acceptors (Lipinski definition) is 5. The van der Waals surface area contributed by atoms with Crippen LogP contribution in [0.15, 0.2) is 18.3 Å². The number of hydrogen-bond donors (Lipinski definition) is 1. The SMILES string of the molecule is O=C1CNC(=O)N(c2ccc(Cl)nc2)SO1. The lowest BCUT2D eigenvalue weighted by atomic mass is 10.4. The van der Waals surface area contributed by atoms with Crippen molar-refractivity contribution in [2.45, 2.75) is 0 Å². The van der Waals surface area contributed by atoms with Gasteiger partial charge in [0, 0.05) is 0 Å². The summed E-state index contributed by atoms with van der Waals surface area (Å²) in [6, 6.07) is 2.69. The van der Waals surface area contributed by atoms with Gasteiger partial charge < -0.3 is 9.50 Å². The Morgan fingerprint density at radius 1 is 1.50 bits per heavy atom. The van der Waals surface area contributed by atoms with Crippen LogP contribution in [0.5, 0.6) is 0 Å². The molecule has 0 atom stereocenters. The Morgan fingerprint density at radius 2 is 2.31 bits per heavy atom. The van der Waals surface area contributed by atoms with E-state index in [0.717, 1.165) is 0 Å². The van der Waals surface area contributed by atoms with Crippen LogP contribution in [0, 0.1) is 0 Å². The summed E-state index contributed by atoms with van der Waals surface area (Å²) >= 11 is 6.27. The summed E-state index contributed by atoms with van der Waals surface area (Å²) in [5, 5.41) is 2.71. The lowest BCUT2D eigenvalue weighted by Crippen LogP contribution is -2.35. The monoisotopic (exact) mass is 259 g/mol. The van der Waals surface area contributed by atoms with Gasteiger partial charge in [-0.25, -0.2) is 14.6 Å². The second-order valence-corrected chi connectivity index (χ2v) is 3.89. The third-order valence-corrected chi connectivity index (χ3v) is 2.73. The van der Waals surface area contributed by atoms with Gasteiger partial charge in [-0.1, -0.05) is 11.6 Å². The molecule has 1 N–H and O–H groups in total. The van der Waals surface area contributed by atoms with E-state index < -0.39 is 12.0 Å². The van der Waals surface area contributed by atoms with Gasteiger partial charge in [-0.05, 0) is 12.1 Å². The first kappa shape index (κ1) is 11.0. The molecule has 2 heterocycles. The van der Waals surface area contributed by atoms with Crippen LogP contribution in [0.1, 0.15) is 0 Å². The molecule has 0 aliphatic carbocycles. The van der Waals surface area contributed by atoms with Crippen molar-refractivity contribution in [1.29, 1.82) is 0 Å². The number of halogens is 1. The minimum Gasteiger partial charge on any atom is -0.367 e.